The van der Waals surface area contributed by atoms with Crippen LogP contribution in [0.5, 0.6) is 5.75 Å². The number of halogens is 2. The molecule has 1 N–H and O–H groups in total. The Morgan fingerprint density at radius 1 is 1.04 bits per heavy atom. The predicted octanol–water partition coefficient (Wildman–Crippen LogP) is 5.91. The number of rotatable bonds is 6. The third-order valence-electron chi connectivity index (χ3n) is 4.05. The van der Waals surface area contributed by atoms with Crippen molar-refractivity contribution in [1.29, 1.82) is 0 Å². The summed E-state index contributed by atoms with van der Waals surface area (Å²) in [5.74, 6) is 0.358. The first kappa shape index (κ1) is 19.6. The highest BCUT2D eigenvalue weighted by atomic mass is 35.5. The van der Waals surface area contributed by atoms with Crippen LogP contribution in [0.1, 0.15) is 38.8 Å². The van der Waals surface area contributed by atoms with Gasteiger partial charge in [-0.2, -0.15) is 0 Å². The van der Waals surface area contributed by atoms with Crippen molar-refractivity contribution in [2.75, 3.05) is 5.32 Å². The summed E-state index contributed by atoms with van der Waals surface area (Å²) >= 11 is 12.2. The second-order valence-electron chi connectivity index (χ2n) is 6.29. The summed E-state index contributed by atoms with van der Waals surface area (Å²) in [6.45, 7) is 7.54. The summed E-state index contributed by atoms with van der Waals surface area (Å²) in [6.07, 6.45) is 1.54. The van der Waals surface area contributed by atoms with Crippen LogP contribution in [0.25, 0.3) is 0 Å². The van der Waals surface area contributed by atoms with Crippen LogP contribution in [0.3, 0.4) is 0 Å². The first-order valence-corrected chi connectivity index (χ1v) is 9.10. The molecule has 0 aliphatic carbocycles. The fourth-order valence-electron chi connectivity index (χ4n) is 2.57. The lowest BCUT2D eigenvalue weighted by atomic mass is 10.0. The molecule has 0 fully saturated rings. The van der Waals surface area contributed by atoms with E-state index < -0.39 is 5.60 Å². The van der Waals surface area contributed by atoms with Crippen LogP contribution >= 0.6 is 23.2 Å². The molecule has 0 aromatic heterocycles. The van der Waals surface area contributed by atoms with E-state index in [1.807, 2.05) is 26.0 Å². The minimum Gasteiger partial charge on any atom is -0.478 e. The molecule has 1 amide bonds. The minimum atomic E-state index is -1.05. The molecule has 0 radical (unpaired) electrons. The van der Waals surface area contributed by atoms with E-state index in [2.05, 4.69) is 5.32 Å². The Balaban J connectivity index is 2.26. The maximum atomic E-state index is 12.8. The number of aryl methyl sites for hydroxylation is 1. The van der Waals surface area contributed by atoms with Crippen molar-refractivity contribution < 1.29 is 9.53 Å². The van der Waals surface area contributed by atoms with Crippen molar-refractivity contribution in [3.63, 3.8) is 0 Å². The van der Waals surface area contributed by atoms with Gasteiger partial charge in [0.2, 0.25) is 0 Å². The number of hydrogen-bond donors (Lipinski definition) is 1. The van der Waals surface area contributed by atoms with Crippen molar-refractivity contribution in [3.8, 4) is 5.75 Å². The van der Waals surface area contributed by atoms with Crippen LogP contribution < -0.4 is 10.1 Å². The zero-order valence-corrected chi connectivity index (χ0v) is 16.5. The van der Waals surface area contributed by atoms with Gasteiger partial charge in [-0.3, -0.25) is 4.79 Å². The molecule has 0 spiro atoms. The molecule has 25 heavy (non-hydrogen) atoms. The van der Waals surface area contributed by atoms with Crippen LogP contribution in [0.15, 0.2) is 36.4 Å². The van der Waals surface area contributed by atoms with E-state index >= 15 is 0 Å². The van der Waals surface area contributed by atoms with E-state index in [4.69, 9.17) is 27.9 Å². The molecule has 3 nitrogen and oxygen atoms in total. The van der Waals surface area contributed by atoms with Crippen LogP contribution in [-0.2, 0) is 17.6 Å². The first-order chi connectivity index (χ1) is 11.8. The Bertz CT molecular complexity index is 755. The topological polar surface area (TPSA) is 38.3 Å². The van der Waals surface area contributed by atoms with Crippen molar-refractivity contribution in [2.45, 2.75) is 46.1 Å². The van der Waals surface area contributed by atoms with Gasteiger partial charge in [0.1, 0.15) is 5.75 Å². The largest absolute Gasteiger partial charge is 0.478 e. The van der Waals surface area contributed by atoms with E-state index in [1.165, 1.54) is 0 Å². The number of carbonyl (C=O) groups excluding carboxylic acids is 1. The van der Waals surface area contributed by atoms with Crippen molar-refractivity contribution in [1.82, 2.24) is 0 Å². The van der Waals surface area contributed by atoms with Gasteiger partial charge in [-0.1, -0.05) is 43.1 Å². The highest BCUT2D eigenvalue weighted by molar-refractivity contribution is 6.32. The van der Waals surface area contributed by atoms with Crippen molar-refractivity contribution in [2.24, 2.45) is 0 Å². The van der Waals surface area contributed by atoms with Crippen LogP contribution in [0.2, 0.25) is 10.0 Å². The number of hydrogen-bond acceptors (Lipinski definition) is 2. The van der Waals surface area contributed by atoms with Crippen LogP contribution in [0.4, 0.5) is 5.69 Å². The third-order valence-corrected chi connectivity index (χ3v) is 4.65. The number of benzene rings is 2. The number of ether oxygens (including phenoxy) is 1. The molecule has 2 aromatic rings. The van der Waals surface area contributed by atoms with Gasteiger partial charge >= 0.3 is 0 Å². The van der Waals surface area contributed by atoms with Gasteiger partial charge in [-0.25, -0.2) is 0 Å². The third kappa shape index (κ3) is 4.68. The average molecular weight is 380 g/mol. The van der Waals surface area contributed by atoms with E-state index in [-0.39, 0.29) is 5.91 Å². The second kappa shape index (κ2) is 8.11. The van der Waals surface area contributed by atoms with Gasteiger partial charge in [0.05, 0.1) is 0 Å². The number of anilines is 1. The van der Waals surface area contributed by atoms with Gasteiger partial charge in [0.25, 0.3) is 5.91 Å². The van der Waals surface area contributed by atoms with Gasteiger partial charge in [-0.15, -0.1) is 0 Å². The highest BCUT2D eigenvalue weighted by Crippen LogP contribution is 2.31. The normalized spacial score (nSPS) is 11.3. The SMILES string of the molecule is CCc1ccc(Cl)c(CC)c1NC(=O)C(C)(C)Oc1ccc(Cl)cc1. The zero-order chi connectivity index (χ0) is 18.6. The van der Waals surface area contributed by atoms with Crippen molar-refractivity contribution >= 4 is 34.8 Å². The lowest BCUT2D eigenvalue weighted by Crippen LogP contribution is -2.42. The standard InChI is InChI=1S/C20H23Cl2NO2/c1-5-13-7-12-17(22)16(6-2)18(13)23-19(24)20(3,4)25-15-10-8-14(21)9-11-15/h7-12H,5-6H2,1-4H3,(H,23,24). The predicted molar refractivity (Wildman–Crippen MR) is 105 cm³/mol. The summed E-state index contributed by atoms with van der Waals surface area (Å²) in [5.41, 5.74) is 1.73. The number of carbonyl (C=O) groups is 1. The number of nitrogens with one attached hydrogen (secondary N) is 1. The smallest absolute Gasteiger partial charge is 0.267 e. The summed E-state index contributed by atoms with van der Waals surface area (Å²) in [5, 5.41) is 4.30. The monoisotopic (exact) mass is 379 g/mol. The Labute approximate surface area is 159 Å². The molecule has 0 saturated heterocycles. The average Bonchev–Trinajstić information content (AvgIpc) is 2.57. The van der Waals surface area contributed by atoms with E-state index in [1.54, 1.807) is 38.1 Å². The zero-order valence-electron chi connectivity index (χ0n) is 15.0. The van der Waals surface area contributed by atoms with E-state index in [9.17, 15) is 4.79 Å². The lowest BCUT2D eigenvalue weighted by Gasteiger charge is -2.27. The summed E-state index contributed by atoms with van der Waals surface area (Å²) in [4.78, 5) is 12.8. The Morgan fingerprint density at radius 3 is 2.24 bits per heavy atom. The van der Waals surface area contributed by atoms with Crippen LogP contribution in [0, 0.1) is 0 Å². The minimum absolute atomic E-state index is 0.228. The summed E-state index contributed by atoms with van der Waals surface area (Å²) in [6, 6.07) is 10.8. The second-order valence-corrected chi connectivity index (χ2v) is 7.13. The Morgan fingerprint density at radius 2 is 1.68 bits per heavy atom. The molecule has 5 heteroatoms. The molecule has 0 unspecified atom stereocenters. The number of amides is 1. The lowest BCUT2D eigenvalue weighted by molar-refractivity contribution is -0.128. The fourth-order valence-corrected chi connectivity index (χ4v) is 2.99. The molecule has 2 rings (SSSR count). The van der Waals surface area contributed by atoms with Gasteiger partial charge in [-0.05, 0) is 68.1 Å². The summed E-state index contributed by atoms with van der Waals surface area (Å²) < 4.78 is 5.86. The molecular weight excluding hydrogens is 357 g/mol. The maximum Gasteiger partial charge on any atom is 0.267 e. The molecule has 0 bridgehead atoms. The van der Waals surface area contributed by atoms with E-state index in [0.717, 1.165) is 29.7 Å². The Kier molecular flexibility index (Phi) is 6.36. The van der Waals surface area contributed by atoms with Gasteiger partial charge in [0.15, 0.2) is 5.60 Å². The van der Waals surface area contributed by atoms with Gasteiger partial charge < -0.3 is 10.1 Å². The first-order valence-electron chi connectivity index (χ1n) is 8.34. The molecule has 0 atom stereocenters. The van der Waals surface area contributed by atoms with E-state index in [0.29, 0.717) is 15.8 Å². The van der Waals surface area contributed by atoms with Gasteiger partial charge in [0, 0.05) is 15.7 Å². The molecule has 134 valence electrons. The maximum absolute atomic E-state index is 12.8. The molecule has 0 saturated carbocycles. The fraction of sp³-hybridized carbons (Fsp3) is 0.350. The quantitative estimate of drug-likeness (QED) is 0.676. The van der Waals surface area contributed by atoms with Crippen LogP contribution in [-0.4, -0.2) is 11.5 Å². The van der Waals surface area contributed by atoms with Crippen molar-refractivity contribution in [3.05, 3.63) is 57.6 Å². The molecule has 0 aliphatic rings. The summed E-state index contributed by atoms with van der Waals surface area (Å²) in [7, 11) is 0. The molecule has 2 aromatic carbocycles. The highest BCUT2D eigenvalue weighted by Gasteiger charge is 2.31. The molecular formula is C20H23Cl2NO2. The Hall–Kier alpha value is -1.71. The molecule has 0 heterocycles. The molecule has 0 aliphatic heterocycles.